The maximum atomic E-state index is 13.4. The molecule has 1 heterocycles. The minimum absolute atomic E-state index is 0.0870. The van der Waals surface area contributed by atoms with Crippen molar-refractivity contribution >= 4 is 28.9 Å². The van der Waals surface area contributed by atoms with Crippen molar-refractivity contribution in [2.45, 2.75) is 50.5 Å². The maximum absolute atomic E-state index is 13.4. The van der Waals surface area contributed by atoms with Crippen LogP contribution in [-0.4, -0.2) is 28.0 Å². The van der Waals surface area contributed by atoms with Crippen molar-refractivity contribution in [1.29, 1.82) is 0 Å². The highest BCUT2D eigenvalue weighted by Crippen LogP contribution is 2.65. The van der Waals surface area contributed by atoms with E-state index in [4.69, 9.17) is 16.3 Å². The van der Waals surface area contributed by atoms with Crippen LogP contribution in [0.5, 0.6) is 5.75 Å². The van der Waals surface area contributed by atoms with E-state index in [0.717, 1.165) is 32.1 Å². The third kappa shape index (κ3) is 3.39. The molecule has 2 N–H and O–H groups in total. The zero-order valence-corrected chi connectivity index (χ0v) is 18.2. The lowest BCUT2D eigenvalue weighted by atomic mass is 9.46. The molecule has 8 heteroatoms. The number of hydrogen-bond acceptors (Lipinski definition) is 5. The first-order valence-corrected chi connectivity index (χ1v) is 11.1. The standard InChI is InChI=1S/C23H26ClN3O4/c1-31-18-5-3-2-4-16(18)26-17-12-25-27(21(30)20(17)24)23-9-14-6-15(10-23)8-22(7-14,13-23)11-19(28)29/h2-5,12,14-15,26H,6-11,13H2,1H3,(H,28,29). The number of rotatable bonds is 6. The number of carboxylic acids is 1. The summed E-state index contributed by atoms with van der Waals surface area (Å²) in [7, 11) is 1.58. The molecule has 4 aliphatic rings. The van der Waals surface area contributed by atoms with Crippen LogP contribution in [0.3, 0.4) is 0 Å². The Balaban J connectivity index is 1.51. The van der Waals surface area contributed by atoms with Crippen LogP contribution in [-0.2, 0) is 10.3 Å². The van der Waals surface area contributed by atoms with Crippen molar-refractivity contribution in [3.8, 4) is 5.75 Å². The number of nitrogens with one attached hydrogen (secondary N) is 1. The lowest BCUT2D eigenvalue weighted by Crippen LogP contribution is -2.59. The number of para-hydroxylation sites is 2. The lowest BCUT2D eigenvalue weighted by Gasteiger charge is -2.61. The van der Waals surface area contributed by atoms with Crippen molar-refractivity contribution in [3.63, 3.8) is 0 Å². The number of anilines is 2. The van der Waals surface area contributed by atoms with Gasteiger partial charge in [0, 0.05) is 0 Å². The topological polar surface area (TPSA) is 93.4 Å². The Morgan fingerprint density at radius 1 is 1.26 bits per heavy atom. The van der Waals surface area contributed by atoms with E-state index in [1.807, 2.05) is 24.3 Å². The Morgan fingerprint density at radius 3 is 2.65 bits per heavy atom. The first kappa shape index (κ1) is 20.4. The van der Waals surface area contributed by atoms with Gasteiger partial charge in [-0.05, 0) is 67.9 Å². The molecular formula is C23H26ClN3O4. The molecule has 2 unspecified atom stereocenters. The second-order valence-electron chi connectivity index (χ2n) is 9.67. The van der Waals surface area contributed by atoms with E-state index in [0.29, 0.717) is 35.4 Å². The highest BCUT2D eigenvalue weighted by atomic mass is 35.5. The molecule has 1 aromatic carbocycles. The molecule has 31 heavy (non-hydrogen) atoms. The van der Waals surface area contributed by atoms with Crippen molar-refractivity contribution in [1.82, 2.24) is 9.78 Å². The van der Waals surface area contributed by atoms with Gasteiger partial charge in [-0.15, -0.1) is 0 Å². The Hall–Kier alpha value is -2.54. The number of carboxylic acid groups (broad SMARTS) is 1. The number of methoxy groups -OCH3 is 1. The number of benzene rings is 1. The van der Waals surface area contributed by atoms with Crippen LogP contribution in [0.2, 0.25) is 5.02 Å². The third-order valence-corrected chi connectivity index (χ3v) is 7.79. The summed E-state index contributed by atoms with van der Waals surface area (Å²) in [6.07, 6.45) is 7.18. The average Bonchev–Trinajstić information content (AvgIpc) is 2.69. The summed E-state index contributed by atoms with van der Waals surface area (Å²) in [5, 5.41) is 17.3. The van der Waals surface area contributed by atoms with Gasteiger partial charge in [-0.1, -0.05) is 23.7 Å². The predicted molar refractivity (Wildman–Crippen MR) is 117 cm³/mol. The summed E-state index contributed by atoms with van der Waals surface area (Å²) in [5.74, 6) is 0.769. The normalized spacial score (nSPS) is 30.9. The minimum Gasteiger partial charge on any atom is -0.495 e. The molecular weight excluding hydrogens is 418 g/mol. The SMILES string of the molecule is COc1ccccc1Nc1cnn(C23CC4CC(CC(CC(=O)O)(C4)C2)C3)c(=O)c1Cl. The Labute approximate surface area is 185 Å². The maximum Gasteiger partial charge on any atom is 0.303 e. The molecule has 4 bridgehead atoms. The summed E-state index contributed by atoms with van der Waals surface area (Å²) >= 11 is 6.53. The largest absolute Gasteiger partial charge is 0.495 e. The first-order valence-electron chi connectivity index (χ1n) is 10.7. The number of nitrogens with zero attached hydrogens (tertiary/aromatic N) is 2. The summed E-state index contributed by atoms with van der Waals surface area (Å²) < 4.78 is 6.93. The fraction of sp³-hybridized carbons (Fsp3) is 0.522. The van der Waals surface area contributed by atoms with Gasteiger partial charge in [0.05, 0.1) is 36.6 Å². The minimum atomic E-state index is -0.758. The number of halogens is 1. The van der Waals surface area contributed by atoms with Crippen molar-refractivity contribution < 1.29 is 14.6 Å². The summed E-state index contributed by atoms with van der Waals surface area (Å²) in [6.45, 7) is 0. The molecule has 1 aromatic heterocycles. The van der Waals surface area contributed by atoms with E-state index in [1.165, 1.54) is 0 Å². The number of hydrogen-bond donors (Lipinski definition) is 2. The first-order chi connectivity index (χ1) is 14.8. The smallest absolute Gasteiger partial charge is 0.303 e. The van der Waals surface area contributed by atoms with Crippen molar-refractivity contribution in [2.24, 2.45) is 17.3 Å². The molecule has 7 nitrogen and oxygen atoms in total. The monoisotopic (exact) mass is 443 g/mol. The third-order valence-electron chi connectivity index (χ3n) is 7.42. The van der Waals surface area contributed by atoms with Crippen LogP contribution >= 0.6 is 11.6 Å². The van der Waals surface area contributed by atoms with E-state index >= 15 is 0 Å². The predicted octanol–water partition coefficient (Wildman–Crippen LogP) is 4.42. The second kappa shape index (κ2) is 7.26. The summed E-state index contributed by atoms with van der Waals surface area (Å²) in [5.41, 5.74) is 0.119. The second-order valence-corrected chi connectivity index (χ2v) is 10.0. The highest BCUT2D eigenvalue weighted by molar-refractivity contribution is 6.33. The summed E-state index contributed by atoms with van der Waals surface area (Å²) in [6, 6.07) is 7.39. The van der Waals surface area contributed by atoms with Crippen LogP contribution < -0.4 is 15.6 Å². The molecule has 2 atom stereocenters. The Morgan fingerprint density at radius 2 is 1.97 bits per heavy atom. The molecule has 4 aliphatic carbocycles. The zero-order valence-electron chi connectivity index (χ0n) is 17.4. The van der Waals surface area contributed by atoms with Crippen LogP contribution in [0, 0.1) is 17.3 Å². The van der Waals surface area contributed by atoms with E-state index in [2.05, 4.69) is 10.4 Å². The van der Waals surface area contributed by atoms with Gasteiger partial charge in [-0.2, -0.15) is 5.10 Å². The molecule has 0 radical (unpaired) electrons. The molecule has 164 valence electrons. The molecule has 4 saturated carbocycles. The molecule has 2 aromatic rings. The molecule has 0 saturated heterocycles. The van der Waals surface area contributed by atoms with E-state index in [1.54, 1.807) is 18.0 Å². The Kier molecular flexibility index (Phi) is 4.77. The van der Waals surface area contributed by atoms with Crippen molar-refractivity contribution in [2.75, 3.05) is 12.4 Å². The van der Waals surface area contributed by atoms with E-state index < -0.39 is 11.5 Å². The fourth-order valence-corrected chi connectivity index (χ4v) is 7.10. The molecule has 0 spiro atoms. The van der Waals surface area contributed by atoms with Gasteiger partial charge in [0.25, 0.3) is 5.56 Å². The van der Waals surface area contributed by atoms with E-state index in [-0.39, 0.29) is 22.4 Å². The van der Waals surface area contributed by atoms with Gasteiger partial charge in [-0.3, -0.25) is 9.59 Å². The lowest BCUT2D eigenvalue weighted by molar-refractivity contribution is -0.151. The van der Waals surface area contributed by atoms with Crippen LogP contribution in [0.4, 0.5) is 11.4 Å². The van der Waals surface area contributed by atoms with E-state index in [9.17, 15) is 14.7 Å². The van der Waals surface area contributed by atoms with Crippen LogP contribution in [0.1, 0.15) is 44.9 Å². The molecule has 6 rings (SSSR count). The Bertz CT molecular complexity index is 1080. The van der Waals surface area contributed by atoms with Crippen LogP contribution in [0.15, 0.2) is 35.3 Å². The number of aromatic nitrogens is 2. The van der Waals surface area contributed by atoms with Crippen LogP contribution in [0.25, 0.3) is 0 Å². The van der Waals surface area contributed by atoms with Crippen molar-refractivity contribution in [3.05, 3.63) is 45.8 Å². The van der Waals surface area contributed by atoms with Gasteiger partial charge >= 0.3 is 5.97 Å². The van der Waals surface area contributed by atoms with Gasteiger partial charge in [-0.25, -0.2) is 4.68 Å². The number of carbonyl (C=O) groups is 1. The molecule has 4 fully saturated rings. The summed E-state index contributed by atoms with van der Waals surface area (Å²) in [4.78, 5) is 24.9. The quantitative estimate of drug-likeness (QED) is 0.686. The van der Waals surface area contributed by atoms with Gasteiger partial charge in [0.2, 0.25) is 0 Å². The van der Waals surface area contributed by atoms with Gasteiger partial charge in [0.15, 0.2) is 0 Å². The molecule has 0 amide bonds. The average molecular weight is 444 g/mol. The van der Waals surface area contributed by atoms with Gasteiger partial charge < -0.3 is 15.2 Å². The number of aliphatic carboxylic acids is 1. The van der Waals surface area contributed by atoms with Gasteiger partial charge in [0.1, 0.15) is 10.8 Å². The molecule has 0 aliphatic heterocycles. The zero-order chi connectivity index (χ0) is 21.8. The number of ether oxygens (including phenoxy) is 1. The fourth-order valence-electron chi connectivity index (χ4n) is 6.93. The highest BCUT2D eigenvalue weighted by Gasteiger charge is 2.59.